The van der Waals surface area contributed by atoms with Gasteiger partial charge in [0.25, 0.3) is 11.5 Å². The van der Waals surface area contributed by atoms with Gasteiger partial charge >= 0.3 is 0 Å². The van der Waals surface area contributed by atoms with Crippen molar-refractivity contribution in [2.24, 2.45) is 0 Å². The third-order valence-electron chi connectivity index (χ3n) is 3.81. The molecule has 0 saturated heterocycles. The van der Waals surface area contributed by atoms with Gasteiger partial charge in [-0.25, -0.2) is 22.7 Å². The Kier molecular flexibility index (Phi) is 2.26. The summed E-state index contributed by atoms with van der Waals surface area (Å²) in [7, 11) is 0. The molecule has 0 radical (unpaired) electrons. The van der Waals surface area contributed by atoms with E-state index in [1.54, 1.807) is 0 Å². The van der Waals surface area contributed by atoms with Crippen LogP contribution in [0, 0.1) is 5.82 Å². The first-order valence-electron chi connectivity index (χ1n) is 6.37. The van der Waals surface area contributed by atoms with E-state index in [9.17, 15) is 18.0 Å². The van der Waals surface area contributed by atoms with Gasteiger partial charge in [-0.1, -0.05) is 0 Å². The molecule has 0 aromatic carbocycles. The molecule has 21 heavy (non-hydrogen) atoms. The zero-order valence-corrected chi connectivity index (χ0v) is 10.6. The Labute approximate surface area is 115 Å². The molecule has 3 aromatic rings. The standard InChI is InChI=1S/C13H9F3N4O/c14-9-5-18-20-10-1-11(21)19(8-2-13(15,16)3-8)6-7(10)4-17-12(9)20/h1,4-6,8H,2-3H2. The number of nitrogens with zero attached hydrogens (tertiary/aromatic N) is 4. The van der Waals surface area contributed by atoms with Gasteiger partial charge < -0.3 is 4.57 Å². The number of hydrogen-bond donors (Lipinski definition) is 0. The summed E-state index contributed by atoms with van der Waals surface area (Å²) >= 11 is 0. The van der Waals surface area contributed by atoms with Gasteiger partial charge in [0.2, 0.25) is 0 Å². The van der Waals surface area contributed by atoms with E-state index in [0.717, 1.165) is 6.20 Å². The summed E-state index contributed by atoms with van der Waals surface area (Å²) in [5.74, 6) is -3.29. The highest BCUT2D eigenvalue weighted by Crippen LogP contribution is 2.44. The van der Waals surface area contributed by atoms with Gasteiger partial charge in [-0.2, -0.15) is 5.10 Å². The molecule has 0 amide bonds. The lowest BCUT2D eigenvalue weighted by molar-refractivity contribution is -0.104. The van der Waals surface area contributed by atoms with Crippen molar-refractivity contribution in [3.63, 3.8) is 0 Å². The third kappa shape index (κ3) is 1.75. The average Bonchev–Trinajstić information content (AvgIpc) is 2.77. The fraction of sp³-hybridized carbons (Fsp3) is 0.308. The van der Waals surface area contributed by atoms with Crippen molar-refractivity contribution in [1.29, 1.82) is 0 Å². The largest absolute Gasteiger partial charge is 0.311 e. The quantitative estimate of drug-likeness (QED) is 0.691. The minimum atomic E-state index is -2.70. The zero-order valence-electron chi connectivity index (χ0n) is 10.6. The highest BCUT2D eigenvalue weighted by molar-refractivity contribution is 5.79. The number of rotatable bonds is 1. The molecule has 0 atom stereocenters. The maximum absolute atomic E-state index is 13.4. The summed E-state index contributed by atoms with van der Waals surface area (Å²) in [5.41, 5.74) is 0.0115. The molecule has 0 unspecified atom stereocenters. The van der Waals surface area contributed by atoms with E-state index < -0.39 is 23.3 Å². The normalized spacial score (nSPS) is 18.2. The first kappa shape index (κ1) is 12.4. The Morgan fingerprint density at radius 3 is 2.76 bits per heavy atom. The summed E-state index contributed by atoms with van der Waals surface area (Å²) in [6, 6.07) is 0.759. The van der Waals surface area contributed by atoms with Gasteiger partial charge in [0, 0.05) is 42.7 Å². The Morgan fingerprint density at radius 1 is 1.29 bits per heavy atom. The van der Waals surface area contributed by atoms with Crippen molar-refractivity contribution in [3.05, 3.63) is 40.8 Å². The fourth-order valence-corrected chi connectivity index (χ4v) is 2.69. The third-order valence-corrected chi connectivity index (χ3v) is 3.81. The predicted molar refractivity (Wildman–Crippen MR) is 67.9 cm³/mol. The Morgan fingerprint density at radius 2 is 2.05 bits per heavy atom. The topological polar surface area (TPSA) is 52.2 Å². The van der Waals surface area contributed by atoms with Crippen molar-refractivity contribution >= 4 is 16.6 Å². The number of fused-ring (bicyclic) bond motifs is 3. The smallest absolute Gasteiger partial charge is 0.252 e. The van der Waals surface area contributed by atoms with Crippen molar-refractivity contribution in [1.82, 2.24) is 19.2 Å². The summed E-state index contributed by atoms with van der Waals surface area (Å²) in [6.45, 7) is 0. The molecule has 0 aliphatic heterocycles. The lowest BCUT2D eigenvalue weighted by Gasteiger charge is -2.36. The van der Waals surface area contributed by atoms with Crippen LogP contribution in [-0.4, -0.2) is 25.1 Å². The van der Waals surface area contributed by atoms with E-state index >= 15 is 0 Å². The van der Waals surface area contributed by atoms with Gasteiger partial charge in [-0.05, 0) is 0 Å². The van der Waals surface area contributed by atoms with Crippen LogP contribution in [0.2, 0.25) is 0 Å². The SMILES string of the molecule is O=c1cc2c(cnc3c(F)cnn32)cn1C1CC(F)(F)C1. The van der Waals surface area contributed by atoms with Crippen molar-refractivity contribution in [2.75, 3.05) is 0 Å². The molecule has 1 saturated carbocycles. The van der Waals surface area contributed by atoms with E-state index in [-0.39, 0.29) is 18.5 Å². The summed E-state index contributed by atoms with van der Waals surface area (Å²) in [5, 5.41) is 4.37. The Balaban J connectivity index is 1.91. The van der Waals surface area contributed by atoms with Crippen LogP contribution < -0.4 is 5.56 Å². The summed E-state index contributed by atoms with van der Waals surface area (Å²) in [6.07, 6.45) is 3.21. The van der Waals surface area contributed by atoms with Gasteiger partial charge in [-0.3, -0.25) is 4.79 Å². The fourth-order valence-electron chi connectivity index (χ4n) is 2.69. The Hall–Kier alpha value is -2.38. The van der Waals surface area contributed by atoms with E-state index in [0.29, 0.717) is 10.9 Å². The second kappa shape index (κ2) is 3.84. The monoisotopic (exact) mass is 294 g/mol. The molecule has 3 aromatic heterocycles. The number of hydrogen-bond acceptors (Lipinski definition) is 3. The second-order valence-corrected chi connectivity index (χ2v) is 5.26. The predicted octanol–water partition coefficient (Wildman–Crippen LogP) is 2.15. The van der Waals surface area contributed by atoms with Crippen molar-refractivity contribution in [3.8, 4) is 0 Å². The van der Waals surface area contributed by atoms with Crippen LogP contribution in [0.1, 0.15) is 18.9 Å². The van der Waals surface area contributed by atoms with E-state index in [1.807, 2.05) is 0 Å². The number of alkyl halides is 2. The lowest BCUT2D eigenvalue weighted by atomic mass is 9.88. The van der Waals surface area contributed by atoms with Crippen LogP contribution in [0.5, 0.6) is 0 Å². The van der Waals surface area contributed by atoms with Crippen molar-refractivity contribution < 1.29 is 13.2 Å². The molecule has 1 fully saturated rings. The number of pyridine rings is 1. The maximum Gasteiger partial charge on any atom is 0.252 e. The van der Waals surface area contributed by atoms with E-state index in [2.05, 4.69) is 10.1 Å². The molecular weight excluding hydrogens is 285 g/mol. The van der Waals surface area contributed by atoms with Crippen LogP contribution in [0.3, 0.4) is 0 Å². The molecule has 5 nitrogen and oxygen atoms in total. The van der Waals surface area contributed by atoms with Crippen LogP contribution in [0.25, 0.3) is 16.6 Å². The maximum atomic E-state index is 13.4. The minimum Gasteiger partial charge on any atom is -0.311 e. The molecule has 1 aliphatic rings. The number of aromatic nitrogens is 4. The van der Waals surface area contributed by atoms with Crippen LogP contribution in [0.15, 0.2) is 29.5 Å². The Bertz CT molecular complexity index is 922. The second-order valence-electron chi connectivity index (χ2n) is 5.26. The molecule has 0 bridgehead atoms. The lowest BCUT2D eigenvalue weighted by Crippen LogP contribution is -2.40. The minimum absolute atomic E-state index is 0.0230. The van der Waals surface area contributed by atoms with E-state index in [1.165, 1.54) is 27.5 Å². The van der Waals surface area contributed by atoms with E-state index in [4.69, 9.17) is 0 Å². The molecule has 1 aliphatic carbocycles. The number of halogens is 3. The highest BCUT2D eigenvalue weighted by Gasteiger charge is 2.46. The molecule has 8 heteroatoms. The molecule has 0 spiro atoms. The summed E-state index contributed by atoms with van der Waals surface area (Å²) in [4.78, 5) is 16.0. The van der Waals surface area contributed by atoms with Crippen molar-refractivity contribution in [2.45, 2.75) is 24.8 Å². The van der Waals surface area contributed by atoms with Crippen LogP contribution in [-0.2, 0) is 0 Å². The zero-order chi connectivity index (χ0) is 14.8. The summed E-state index contributed by atoms with van der Waals surface area (Å²) < 4.78 is 41.8. The molecule has 4 rings (SSSR count). The van der Waals surface area contributed by atoms with Gasteiger partial charge in [0.05, 0.1) is 11.7 Å². The van der Waals surface area contributed by atoms with Gasteiger partial charge in [-0.15, -0.1) is 0 Å². The average molecular weight is 294 g/mol. The first-order valence-corrected chi connectivity index (χ1v) is 6.37. The highest BCUT2D eigenvalue weighted by atomic mass is 19.3. The molecule has 3 heterocycles. The van der Waals surface area contributed by atoms with Crippen LogP contribution >= 0.6 is 0 Å². The molecule has 0 N–H and O–H groups in total. The first-order chi connectivity index (χ1) is 9.94. The van der Waals surface area contributed by atoms with Crippen LogP contribution in [0.4, 0.5) is 13.2 Å². The van der Waals surface area contributed by atoms with Gasteiger partial charge in [0.1, 0.15) is 0 Å². The van der Waals surface area contributed by atoms with Gasteiger partial charge in [0.15, 0.2) is 11.5 Å². The molecular formula is C13H9F3N4O. The molecule has 108 valence electrons.